The number of anilines is 2. The van der Waals surface area contributed by atoms with Crippen molar-refractivity contribution in [1.29, 1.82) is 0 Å². The second-order valence-electron chi connectivity index (χ2n) is 9.53. The van der Waals surface area contributed by atoms with Gasteiger partial charge in [0.15, 0.2) is 41.7 Å². The van der Waals surface area contributed by atoms with E-state index in [0.717, 1.165) is 5.56 Å². The number of carboxylic acids is 1. The largest absolute Gasteiger partial charge is 0.482 e. The van der Waals surface area contributed by atoms with Gasteiger partial charge in [-0.15, -0.1) is 0 Å². The van der Waals surface area contributed by atoms with Gasteiger partial charge in [0.25, 0.3) is 5.91 Å². The molecule has 1 fully saturated rings. The molecule has 15 nitrogen and oxygen atoms in total. The lowest BCUT2D eigenvalue weighted by Crippen LogP contribution is -2.57. The number of carboxylic acid groups (broad SMARTS) is 1. The van der Waals surface area contributed by atoms with E-state index in [1.54, 1.807) is 24.3 Å². The highest BCUT2D eigenvalue weighted by atomic mass is 35.5. The zero-order chi connectivity index (χ0) is 29.6. The summed E-state index contributed by atoms with van der Waals surface area (Å²) in [5.41, 5.74) is 11.7. The smallest absolute Gasteiger partial charge is 0.344 e. The number of rotatable bonds is 9. The Kier molecular flexibility index (Phi) is 9.07. The summed E-state index contributed by atoms with van der Waals surface area (Å²) in [6, 6.07) is 6.92. The minimum Gasteiger partial charge on any atom is -0.482 e. The molecule has 1 spiro atoms. The molecule has 0 unspecified atom stereocenters. The predicted molar refractivity (Wildman–Crippen MR) is 146 cm³/mol. The SMILES string of the molecule is Nc1nc(N)c(C(=O)NC2=NCC3(CCN(C(=O)CCc4ccc(OCC(=O)OCC(=O)O)cc4)CC3)N2)nc1Cl. The van der Waals surface area contributed by atoms with Gasteiger partial charge in [0.05, 0.1) is 12.1 Å². The van der Waals surface area contributed by atoms with Crippen LogP contribution in [0.4, 0.5) is 11.6 Å². The van der Waals surface area contributed by atoms with Crippen LogP contribution in [-0.2, 0) is 25.5 Å². The van der Waals surface area contributed by atoms with Gasteiger partial charge in [-0.2, -0.15) is 0 Å². The first kappa shape index (κ1) is 29.3. The summed E-state index contributed by atoms with van der Waals surface area (Å²) in [4.78, 5) is 61.2. The van der Waals surface area contributed by atoms with Crippen LogP contribution < -0.4 is 26.8 Å². The Morgan fingerprint density at radius 3 is 2.46 bits per heavy atom. The number of ether oxygens (including phenoxy) is 2. The fourth-order valence-electron chi connectivity index (χ4n) is 4.36. The number of aliphatic carboxylic acids is 1. The second-order valence-corrected chi connectivity index (χ2v) is 9.88. The van der Waals surface area contributed by atoms with Crippen molar-refractivity contribution in [1.82, 2.24) is 25.5 Å². The number of nitrogens with two attached hydrogens (primary N) is 2. The van der Waals surface area contributed by atoms with E-state index in [1.807, 2.05) is 4.90 Å². The quantitative estimate of drug-likeness (QED) is 0.244. The lowest BCUT2D eigenvalue weighted by atomic mass is 9.88. The minimum absolute atomic E-state index is 0.0306. The molecule has 41 heavy (non-hydrogen) atoms. The van der Waals surface area contributed by atoms with Crippen LogP contribution in [0.1, 0.15) is 35.3 Å². The zero-order valence-corrected chi connectivity index (χ0v) is 22.6. The lowest BCUT2D eigenvalue weighted by Gasteiger charge is -2.39. The molecule has 1 aromatic heterocycles. The average Bonchev–Trinajstić information content (AvgIpc) is 3.33. The Morgan fingerprint density at radius 1 is 1.07 bits per heavy atom. The topological polar surface area (TPSA) is 224 Å². The van der Waals surface area contributed by atoms with Crippen molar-refractivity contribution in [2.75, 3.05) is 44.3 Å². The molecular weight excluding hydrogens is 560 g/mol. The fraction of sp³-hybridized carbons (Fsp3) is 0.400. The number of nitrogen functional groups attached to an aromatic ring is 2. The molecule has 0 saturated carbocycles. The number of halogens is 1. The van der Waals surface area contributed by atoms with E-state index in [4.69, 9.17) is 32.9 Å². The van der Waals surface area contributed by atoms with Gasteiger partial charge in [-0.1, -0.05) is 23.7 Å². The number of amides is 2. The molecule has 0 radical (unpaired) electrons. The van der Waals surface area contributed by atoms with Gasteiger partial charge < -0.3 is 36.3 Å². The summed E-state index contributed by atoms with van der Waals surface area (Å²) in [6.45, 7) is 0.402. The summed E-state index contributed by atoms with van der Waals surface area (Å²) in [5, 5.41) is 14.3. The molecule has 1 saturated heterocycles. The van der Waals surface area contributed by atoms with Crippen LogP contribution >= 0.6 is 11.6 Å². The molecule has 4 rings (SSSR count). The third-order valence-electron chi connectivity index (χ3n) is 6.61. The van der Waals surface area contributed by atoms with Crippen LogP contribution in [0.15, 0.2) is 29.3 Å². The Hall–Kier alpha value is -4.66. The normalized spacial score (nSPS) is 15.5. The van der Waals surface area contributed by atoms with Gasteiger partial charge in [0, 0.05) is 19.5 Å². The van der Waals surface area contributed by atoms with Crippen molar-refractivity contribution >= 4 is 52.9 Å². The number of esters is 1. The Balaban J connectivity index is 1.18. The third-order valence-corrected chi connectivity index (χ3v) is 6.89. The number of aryl methyl sites for hydroxylation is 1. The molecule has 218 valence electrons. The van der Waals surface area contributed by atoms with Gasteiger partial charge in [-0.25, -0.2) is 19.6 Å². The summed E-state index contributed by atoms with van der Waals surface area (Å²) in [6.07, 6.45) is 2.16. The molecule has 1 aromatic carbocycles. The molecule has 2 amide bonds. The van der Waals surface area contributed by atoms with Gasteiger partial charge in [0.1, 0.15) is 5.75 Å². The minimum atomic E-state index is -1.25. The van der Waals surface area contributed by atoms with Crippen LogP contribution in [-0.4, -0.2) is 88.1 Å². The summed E-state index contributed by atoms with van der Waals surface area (Å²) in [7, 11) is 0. The molecule has 0 bridgehead atoms. The van der Waals surface area contributed by atoms with Crippen LogP contribution in [0.2, 0.25) is 5.15 Å². The molecule has 2 aromatic rings. The van der Waals surface area contributed by atoms with E-state index < -0.39 is 31.1 Å². The predicted octanol–water partition coefficient (Wildman–Crippen LogP) is -0.0160. The highest BCUT2D eigenvalue weighted by Gasteiger charge is 2.40. The van der Waals surface area contributed by atoms with E-state index in [0.29, 0.717) is 51.1 Å². The maximum atomic E-state index is 12.8. The van der Waals surface area contributed by atoms with Crippen LogP contribution in [0.25, 0.3) is 0 Å². The van der Waals surface area contributed by atoms with Crippen molar-refractivity contribution < 1.29 is 33.8 Å². The van der Waals surface area contributed by atoms with E-state index in [-0.39, 0.29) is 39.9 Å². The maximum Gasteiger partial charge on any atom is 0.344 e. The number of benzene rings is 1. The van der Waals surface area contributed by atoms with Gasteiger partial charge in [0.2, 0.25) is 5.91 Å². The number of carbonyl (C=O) groups is 4. The average molecular weight is 589 g/mol. The number of aromatic nitrogens is 2. The molecule has 7 N–H and O–H groups in total. The fourth-order valence-corrected chi connectivity index (χ4v) is 4.49. The first-order valence-electron chi connectivity index (χ1n) is 12.6. The number of hydrogen-bond acceptors (Lipinski definition) is 12. The molecule has 3 heterocycles. The zero-order valence-electron chi connectivity index (χ0n) is 21.9. The second kappa shape index (κ2) is 12.7. The van der Waals surface area contributed by atoms with Crippen molar-refractivity contribution in [3.8, 4) is 5.75 Å². The molecule has 0 aliphatic carbocycles. The number of aliphatic imine (C=N–C) groups is 1. The van der Waals surface area contributed by atoms with E-state index in [2.05, 4.69) is 30.3 Å². The molecule has 2 aliphatic rings. The first-order valence-corrected chi connectivity index (χ1v) is 13.0. The number of carbonyl (C=O) groups excluding carboxylic acids is 3. The Labute approximate surface area is 239 Å². The van der Waals surface area contributed by atoms with Crippen LogP contribution in [0, 0.1) is 0 Å². The van der Waals surface area contributed by atoms with Crippen molar-refractivity contribution in [2.24, 2.45) is 4.99 Å². The monoisotopic (exact) mass is 588 g/mol. The highest BCUT2D eigenvalue weighted by molar-refractivity contribution is 6.31. The van der Waals surface area contributed by atoms with Crippen molar-refractivity contribution in [2.45, 2.75) is 31.2 Å². The summed E-state index contributed by atoms with van der Waals surface area (Å²) >= 11 is 5.86. The number of nitrogens with zero attached hydrogens (tertiary/aromatic N) is 4. The Morgan fingerprint density at radius 2 is 1.78 bits per heavy atom. The highest BCUT2D eigenvalue weighted by Crippen LogP contribution is 2.26. The van der Waals surface area contributed by atoms with Gasteiger partial charge in [-0.3, -0.25) is 19.9 Å². The summed E-state index contributed by atoms with van der Waals surface area (Å²) in [5.74, 6) is -2.13. The number of likely N-dealkylation sites (tertiary alicyclic amines) is 1. The number of hydrogen-bond donors (Lipinski definition) is 5. The molecule has 0 atom stereocenters. The molecule has 16 heteroatoms. The molecule has 2 aliphatic heterocycles. The van der Waals surface area contributed by atoms with Gasteiger partial charge in [-0.05, 0) is 37.0 Å². The number of piperidine rings is 1. The van der Waals surface area contributed by atoms with Gasteiger partial charge >= 0.3 is 11.9 Å². The van der Waals surface area contributed by atoms with Crippen molar-refractivity contribution in [3.05, 3.63) is 40.7 Å². The number of guanidine groups is 1. The standard InChI is InChI=1S/C25H29ClN8O7/c26-20-22(28)31-21(27)19(30-20)23(39)32-24-29-13-25(33-24)7-9-34(10-8-25)16(35)6-3-14-1-4-15(5-2-14)40-12-18(38)41-11-17(36)37/h1-2,4-5H,3,6-13H2,(H,36,37)(H4,27,28,31)(H2,29,32,33,39). The van der Waals surface area contributed by atoms with E-state index in [1.165, 1.54) is 0 Å². The van der Waals surface area contributed by atoms with E-state index in [9.17, 15) is 19.2 Å². The first-order chi connectivity index (χ1) is 19.5. The van der Waals surface area contributed by atoms with E-state index >= 15 is 0 Å². The van der Waals surface area contributed by atoms with Crippen molar-refractivity contribution in [3.63, 3.8) is 0 Å². The number of nitrogens with one attached hydrogen (secondary N) is 2. The Bertz CT molecular complexity index is 1360. The van der Waals surface area contributed by atoms with Crippen LogP contribution in [0.5, 0.6) is 5.75 Å². The third kappa shape index (κ3) is 7.72. The molecular formula is C25H29ClN8O7. The lowest BCUT2D eigenvalue weighted by molar-refractivity contribution is -0.156. The summed E-state index contributed by atoms with van der Waals surface area (Å²) < 4.78 is 9.79. The van der Waals surface area contributed by atoms with Crippen LogP contribution in [0.3, 0.4) is 0 Å². The maximum absolute atomic E-state index is 12.8.